The summed E-state index contributed by atoms with van der Waals surface area (Å²) in [4.78, 5) is 4.47. The van der Waals surface area contributed by atoms with Crippen molar-refractivity contribution in [3.05, 3.63) is 59.7 Å². The Balaban J connectivity index is 1.52. The van der Waals surface area contributed by atoms with Crippen molar-refractivity contribution in [1.82, 2.24) is 24.1 Å². The van der Waals surface area contributed by atoms with Crippen LogP contribution in [0.15, 0.2) is 37.1 Å². The molecule has 5 heterocycles. The number of ether oxygens (including phenoxy) is 2. The summed E-state index contributed by atoms with van der Waals surface area (Å²) >= 11 is 0. The summed E-state index contributed by atoms with van der Waals surface area (Å²) < 4.78 is 30.6. The lowest BCUT2D eigenvalue weighted by molar-refractivity contribution is 0.246. The van der Waals surface area contributed by atoms with E-state index in [1.54, 1.807) is 18.7 Å². The zero-order chi connectivity index (χ0) is 19.5. The number of hydrogen-bond acceptors (Lipinski definition) is 5. The van der Waals surface area contributed by atoms with Gasteiger partial charge in [-0.3, -0.25) is 4.40 Å². The quantitative estimate of drug-likeness (QED) is 0.499. The molecule has 0 radical (unpaired) electrons. The van der Waals surface area contributed by atoms with Gasteiger partial charge in [-0.2, -0.15) is 0 Å². The highest BCUT2D eigenvalue weighted by molar-refractivity contribution is 5.76. The van der Waals surface area contributed by atoms with E-state index in [4.69, 9.17) is 9.47 Å². The third-order valence-electron chi connectivity index (χ3n) is 5.78. The van der Waals surface area contributed by atoms with Crippen molar-refractivity contribution in [2.75, 3.05) is 13.2 Å². The maximum atomic E-state index is 14.7. The maximum absolute atomic E-state index is 14.7. The van der Waals surface area contributed by atoms with Crippen LogP contribution in [0.3, 0.4) is 0 Å². The molecule has 0 saturated heterocycles. The number of pyridine rings is 1. The van der Waals surface area contributed by atoms with Crippen molar-refractivity contribution in [1.29, 1.82) is 0 Å². The molecule has 0 unspecified atom stereocenters. The number of hydrogen-bond donors (Lipinski definition) is 0. The molecule has 0 saturated carbocycles. The molecule has 1 aromatic carbocycles. The van der Waals surface area contributed by atoms with Gasteiger partial charge in [0.15, 0.2) is 5.65 Å². The Morgan fingerprint density at radius 2 is 1.97 bits per heavy atom. The van der Waals surface area contributed by atoms with Gasteiger partial charge < -0.3 is 14.0 Å². The van der Waals surface area contributed by atoms with Gasteiger partial charge >= 0.3 is 0 Å². The van der Waals surface area contributed by atoms with Crippen molar-refractivity contribution >= 4 is 5.65 Å². The average molecular weight is 391 g/mol. The molecule has 0 N–H and O–H groups in total. The molecule has 4 aromatic rings. The van der Waals surface area contributed by atoms with E-state index in [2.05, 4.69) is 15.2 Å². The zero-order valence-corrected chi connectivity index (χ0v) is 15.8. The molecule has 2 aliphatic heterocycles. The second-order valence-corrected chi connectivity index (χ2v) is 7.57. The minimum Gasteiger partial charge on any atom is -0.493 e. The SMILES string of the molecule is Cn1cnc(-c2cc3c(n4cnnc24)CCc2c(F)ccc4c2[C@H](CO4)CO3)c1. The van der Waals surface area contributed by atoms with Crippen LogP contribution in [0.4, 0.5) is 4.39 Å². The fraction of sp³-hybridized carbons (Fsp3) is 0.286. The number of imidazole rings is 1. The van der Waals surface area contributed by atoms with E-state index in [0.717, 1.165) is 39.6 Å². The minimum atomic E-state index is -0.187. The van der Waals surface area contributed by atoms with Crippen LogP contribution in [0.1, 0.15) is 22.7 Å². The summed E-state index contributed by atoms with van der Waals surface area (Å²) in [7, 11) is 1.93. The van der Waals surface area contributed by atoms with Crippen LogP contribution in [0.2, 0.25) is 0 Å². The summed E-state index contributed by atoms with van der Waals surface area (Å²) in [6.07, 6.45) is 6.53. The smallest absolute Gasteiger partial charge is 0.170 e. The fourth-order valence-corrected chi connectivity index (χ4v) is 4.41. The number of rotatable bonds is 1. The van der Waals surface area contributed by atoms with Gasteiger partial charge in [-0.05, 0) is 36.6 Å². The van der Waals surface area contributed by atoms with Crippen LogP contribution in [0, 0.1) is 5.82 Å². The van der Waals surface area contributed by atoms with Crippen molar-refractivity contribution in [3.8, 4) is 22.8 Å². The van der Waals surface area contributed by atoms with Gasteiger partial charge in [0.1, 0.15) is 23.6 Å². The Bertz CT molecular complexity index is 1260. The number of aromatic nitrogens is 5. The van der Waals surface area contributed by atoms with Crippen molar-refractivity contribution in [3.63, 3.8) is 0 Å². The van der Waals surface area contributed by atoms with Crippen molar-refractivity contribution in [2.24, 2.45) is 7.05 Å². The van der Waals surface area contributed by atoms with Crippen molar-refractivity contribution in [2.45, 2.75) is 18.8 Å². The number of halogens is 1. The van der Waals surface area contributed by atoms with E-state index in [-0.39, 0.29) is 11.7 Å². The zero-order valence-electron chi connectivity index (χ0n) is 15.8. The summed E-state index contributed by atoms with van der Waals surface area (Å²) in [6.45, 7) is 0.925. The highest BCUT2D eigenvalue weighted by Crippen LogP contribution is 2.41. The highest BCUT2D eigenvalue weighted by atomic mass is 19.1. The molecule has 0 fully saturated rings. The molecule has 8 heteroatoms. The van der Waals surface area contributed by atoms with Gasteiger partial charge in [0.2, 0.25) is 0 Å². The molecular formula is C21H18FN5O2. The maximum Gasteiger partial charge on any atom is 0.170 e. The molecule has 0 amide bonds. The third kappa shape index (κ3) is 2.45. The Hall–Kier alpha value is -3.42. The van der Waals surface area contributed by atoms with Gasteiger partial charge in [-0.1, -0.05) is 0 Å². The Kier molecular flexibility index (Phi) is 3.44. The van der Waals surface area contributed by atoms with E-state index in [9.17, 15) is 4.39 Å². The standard InChI is InChI=1S/C21H18FN5O2/c1-26-7-16(23-10-26)14-6-19-17(27-11-24-25-21(14)27)4-2-13-15(22)3-5-18-20(13)12(8-28-18)9-29-19/h3,5-7,10-12H,2,4,8-9H2,1H3/t12-/m1/s1. The summed E-state index contributed by atoms with van der Waals surface area (Å²) in [5.74, 6) is 1.34. The van der Waals surface area contributed by atoms with Crippen LogP contribution in [0.5, 0.6) is 11.5 Å². The lowest BCUT2D eigenvalue weighted by Gasteiger charge is -2.15. The van der Waals surface area contributed by atoms with Crippen molar-refractivity contribution < 1.29 is 13.9 Å². The molecule has 3 aromatic heterocycles. The van der Waals surface area contributed by atoms with Gasteiger partial charge in [0.05, 0.1) is 42.4 Å². The molecule has 0 bridgehead atoms. The second kappa shape index (κ2) is 6.04. The fourth-order valence-electron chi connectivity index (χ4n) is 4.41. The van der Waals surface area contributed by atoms with Crippen LogP contribution in [-0.2, 0) is 19.9 Å². The van der Waals surface area contributed by atoms with E-state index in [1.807, 2.05) is 28.3 Å². The number of fused-ring (bicyclic) bond motifs is 3. The first-order valence-electron chi connectivity index (χ1n) is 9.60. The average Bonchev–Trinajstić information content (AvgIpc) is 3.45. The lowest BCUT2D eigenvalue weighted by atomic mass is 9.93. The minimum absolute atomic E-state index is 0.0107. The molecule has 6 rings (SSSR count). The van der Waals surface area contributed by atoms with E-state index < -0.39 is 0 Å². The molecule has 146 valence electrons. The predicted molar refractivity (Wildman–Crippen MR) is 103 cm³/mol. The first-order chi connectivity index (χ1) is 14.2. The summed E-state index contributed by atoms with van der Waals surface area (Å²) in [6, 6.07) is 5.19. The largest absolute Gasteiger partial charge is 0.493 e. The molecule has 1 atom stereocenters. The topological polar surface area (TPSA) is 66.5 Å². The first kappa shape index (κ1) is 16.5. The molecule has 7 nitrogen and oxygen atoms in total. The molecule has 0 aliphatic carbocycles. The summed E-state index contributed by atoms with van der Waals surface area (Å²) in [5, 5.41) is 8.42. The second-order valence-electron chi connectivity index (χ2n) is 7.57. The Labute approximate surface area is 165 Å². The number of benzene rings is 1. The number of nitrogens with zero attached hydrogens (tertiary/aromatic N) is 5. The first-order valence-corrected chi connectivity index (χ1v) is 9.60. The van der Waals surface area contributed by atoms with Gasteiger partial charge in [0, 0.05) is 18.8 Å². The van der Waals surface area contributed by atoms with Crippen LogP contribution in [0.25, 0.3) is 16.9 Å². The predicted octanol–water partition coefficient (Wildman–Crippen LogP) is 2.92. The molecular weight excluding hydrogens is 373 g/mol. The van der Waals surface area contributed by atoms with Gasteiger partial charge in [0.25, 0.3) is 0 Å². The third-order valence-corrected chi connectivity index (χ3v) is 5.78. The van der Waals surface area contributed by atoms with Gasteiger partial charge in [-0.25, -0.2) is 9.37 Å². The monoisotopic (exact) mass is 391 g/mol. The van der Waals surface area contributed by atoms with Crippen LogP contribution in [-0.4, -0.2) is 37.4 Å². The van der Waals surface area contributed by atoms with E-state index in [0.29, 0.717) is 31.7 Å². The van der Waals surface area contributed by atoms with E-state index >= 15 is 0 Å². The summed E-state index contributed by atoms with van der Waals surface area (Å²) in [5.41, 5.74) is 4.97. The van der Waals surface area contributed by atoms with Crippen LogP contribution < -0.4 is 9.47 Å². The van der Waals surface area contributed by atoms with E-state index in [1.165, 1.54) is 6.07 Å². The molecule has 2 aliphatic rings. The molecule has 29 heavy (non-hydrogen) atoms. The number of aryl methyl sites for hydroxylation is 2. The normalized spacial score (nSPS) is 17.7. The van der Waals surface area contributed by atoms with Gasteiger partial charge in [-0.15, -0.1) is 10.2 Å². The Morgan fingerprint density at radius 1 is 1.10 bits per heavy atom. The van der Waals surface area contributed by atoms with Crippen LogP contribution >= 0.6 is 0 Å². The highest BCUT2D eigenvalue weighted by Gasteiger charge is 2.31. The Morgan fingerprint density at radius 3 is 2.79 bits per heavy atom. The lowest BCUT2D eigenvalue weighted by Crippen LogP contribution is -2.13. The molecule has 0 spiro atoms.